The Morgan fingerprint density at radius 1 is 1.10 bits per heavy atom. The first-order valence-corrected chi connectivity index (χ1v) is 9.35. The van der Waals surface area contributed by atoms with Crippen LogP contribution >= 0.6 is 15.9 Å². The van der Waals surface area contributed by atoms with Gasteiger partial charge in [0, 0.05) is 16.9 Å². The van der Waals surface area contributed by atoms with Crippen LogP contribution in [0.3, 0.4) is 0 Å². The summed E-state index contributed by atoms with van der Waals surface area (Å²) in [6.45, 7) is 0. The second kappa shape index (κ2) is 9.75. The van der Waals surface area contributed by atoms with Gasteiger partial charge in [0.2, 0.25) is 0 Å². The average Bonchev–Trinajstić information content (AvgIpc) is 2.74. The maximum Gasteiger partial charge on any atom is 0.343 e. The first kappa shape index (κ1) is 21.1. The molecule has 1 aromatic heterocycles. The molecule has 9 heteroatoms. The van der Waals surface area contributed by atoms with E-state index in [1.807, 2.05) is 0 Å². The Hall–Kier alpha value is -3.59. The predicted octanol–water partition coefficient (Wildman–Crippen LogP) is 3.97. The number of rotatable bonds is 6. The predicted molar refractivity (Wildman–Crippen MR) is 111 cm³/mol. The fraction of sp³-hybridized carbons (Fsp3) is 0.0476. The number of benzene rings is 2. The lowest BCUT2D eigenvalue weighted by Crippen LogP contribution is -2.17. The monoisotopic (exact) mass is 471 g/mol. The van der Waals surface area contributed by atoms with E-state index in [9.17, 15) is 14.0 Å². The van der Waals surface area contributed by atoms with E-state index in [1.165, 1.54) is 43.8 Å². The van der Waals surface area contributed by atoms with Crippen LogP contribution in [-0.2, 0) is 0 Å². The van der Waals surface area contributed by atoms with E-state index in [0.29, 0.717) is 15.6 Å². The van der Waals surface area contributed by atoms with Crippen molar-refractivity contribution in [1.82, 2.24) is 10.4 Å². The molecule has 0 atom stereocenters. The van der Waals surface area contributed by atoms with Crippen molar-refractivity contribution in [3.8, 4) is 11.5 Å². The molecule has 1 N–H and O–H groups in total. The van der Waals surface area contributed by atoms with E-state index in [1.54, 1.807) is 24.4 Å². The van der Waals surface area contributed by atoms with Gasteiger partial charge in [-0.25, -0.2) is 14.6 Å². The molecule has 0 saturated carbocycles. The van der Waals surface area contributed by atoms with Crippen LogP contribution in [0, 0.1) is 5.82 Å². The third-order valence-electron chi connectivity index (χ3n) is 3.80. The van der Waals surface area contributed by atoms with E-state index >= 15 is 0 Å². The second-order valence-corrected chi connectivity index (χ2v) is 6.82. The van der Waals surface area contributed by atoms with Crippen LogP contribution in [0.4, 0.5) is 4.39 Å². The zero-order chi connectivity index (χ0) is 21.5. The Kier molecular flexibility index (Phi) is 6.87. The van der Waals surface area contributed by atoms with Crippen molar-refractivity contribution >= 4 is 34.0 Å². The number of nitrogens with zero attached hydrogens (tertiary/aromatic N) is 2. The van der Waals surface area contributed by atoms with Crippen LogP contribution in [0.5, 0.6) is 11.5 Å². The highest BCUT2D eigenvalue weighted by atomic mass is 79.9. The highest BCUT2D eigenvalue weighted by Crippen LogP contribution is 2.28. The molecule has 3 rings (SSSR count). The van der Waals surface area contributed by atoms with Crippen LogP contribution in [0.25, 0.3) is 0 Å². The van der Waals surface area contributed by atoms with E-state index in [0.717, 1.165) is 6.07 Å². The summed E-state index contributed by atoms with van der Waals surface area (Å²) in [5.74, 6) is -1.25. The van der Waals surface area contributed by atoms with Gasteiger partial charge in [-0.2, -0.15) is 5.10 Å². The molecule has 0 bridgehead atoms. The molecule has 0 aliphatic rings. The quantitative estimate of drug-likeness (QED) is 0.254. The van der Waals surface area contributed by atoms with Crippen molar-refractivity contribution < 1.29 is 23.5 Å². The molecule has 3 aromatic rings. The van der Waals surface area contributed by atoms with Gasteiger partial charge >= 0.3 is 5.97 Å². The minimum atomic E-state index is -0.718. The maximum atomic E-state index is 13.3. The first-order valence-electron chi connectivity index (χ1n) is 8.56. The minimum absolute atomic E-state index is 0.0763. The molecule has 152 valence electrons. The molecule has 2 aromatic carbocycles. The Morgan fingerprint density at radius 2 is 1.93 bits per heavy atom. The molecular formula is C21H15BrFN3O4. The third kappa shape index (κ3) is 5.48. The summed E-state index contributed by atoms with van der Waals surface area (Å²) in [6, 6.07) is 11.5. The average molecular weight is 472 g/mol. The molecule has 0 saturated heterocycles. The van der Waals surface area contributed by atoms with Gasteiger partial charge in [-0.1, -0.05) is 6.07 Å². The number of carbonyl (C=O) groups excluding carboxylic acids is 2. The van der Waals surface area contributed by atoms with Gasteiger partial charge in [0.15, 0.2) is 11.5 Å². The summed E-state index contributed by atoms with van der Waals surface area (Å²) >= 11 is 3.24. The zero-order valence-corrected chi connectivity index (χ0v) is 17.2. The van der Waals surface area contributed by atoms with Crippen LogP contribution in [0.1, 0.15) is 26.3 Å². The van der Waals surface area contributed by atoms with Crippen molar-refractivity contribution in [2.45, 2.75) is 0 Å². The lowest BCUT2D eigenvalue weighted by atomic mass is 10.2. The van der Waals surface area contributed by atoms with Gasteiger partial charge in [0.1, 0.15) is 5.82 Å². The molecule has 0 radical (unpaired) electrons. The number of halogens is 2. The Balaban J connectivity index is 1.68. The molecule has 1 amide bonds. The first-order chi connectivity index (χ1) is 14.5. The van der Waals surface area contributed by atoms with Gasteiger partial charge in [-0.05, 0) is 64.0 Å². The van der Waals surface area contributed by atoms with Crippen LogP contribution in [0.15, 0.2) is 70.5 Å². The highest BCUT2D eigenvalue weighted by molar-refractivity contribution is 9.10. The number of methoxy groups -OCH3 is 1. The van der Waals surface area contributed by atoms with Crippen LogP contribution in [0.2, 0.25) is 0 Å². The molecule has 0 aliphatic carbocycles. The fourth-order valence-electron chi connectivity index (χ4n) is 2.39. The van der Waals surface area contributed by atoms with E-state index in [-0.39, 0.29) is 17.1 Å². The topological polar surface area (TPSA) is 89.9 Å². The normalized spacial score (nSPS) is 10.6. The van der Waals surface area contributed by atoms with E-state index < -0.39 is 17.7 Å². The molecular weight excluding hydrogens is 457 g/mol. The molecule has 0 aliphatic heterocycles. The summed E-state index contributed by atoms with van der Waals surface area (Å²) < 4.78 is 24.5. The number of aromatic nitrogens is 1. The van der Waals surface area contributed by atoms with Crippen molar-refractivity contribution in [2.24, 2.45) is 5.10 Å². The van der Waals surface area contributed by atoms with Gasteiger partial charge in [-0.3, -0.25) is 9.78 Å². The van der Waals surface area contributed by atoms with Crippen LogP contribution < -0.4 is 14.9 Å². The number of esters is 1. The lowest BCUT2D eigenvalue weighted by Gasteiger charge is -2.10. The highest BCUT2D eigenvalue weighted by Gasteiger charge is 2.13. The lowest BCUT2D eigenvalue weighted by molar-refractivity contribution is 0.0729. The third-order valence-corrected chi connectivity index (χ3v) is 4.23. The summed E-state index contributed by atoms with van der Waals surface area (Å²) in [7, 11) is 1.41. The Bertz CT molecular complexity index is 1120. The van der Waals surface area contributed by atoms with Crippen molar-refractivity contribution in [3.63, 3.8) is 0 Å². The van der Waals surface area contributed by atoms with Crippen molar-refractivity contribution in [1.29, 1.82) is 0 Å². The number of nitrogens with one attached hydrogen (secondary N) is 1. The molecule has 30 heavy (non-hydrogen) atoms. The SMILES string of the molecule is COc1cc(C=NNC(=O)c2cncc(Br)c2)ccc1OC(=O)c1cccc(F)c1. The summed E-state index contributed by atoms with van der Waals surface area (Å²) in [4.78, 5) is 28.2. The van der Waals surface area contributed by atoms with Gasteiger partial charge in [-0.15, -0.1) is 0 Å². The number of carbonyl (C=O) groups is 2. The van der Waals surface area contributed by atoms with Gasteiger partial charge in [0.25, 0.3) is 5.91 Å². The minimum Gasteiger partial charge on any atom is -0.493 e. The largest absolute Gasteiger partial charge is 0.493 e. The Labute approximate surface area is 179 Å². The zero-order valence-electron chi connectivity index (χ0n) is 15.6. The van der Waals surface area contributed by atoms with Crippen LogP contribution in [-0.4, -0.2) is 30.2 Å². The number of ether oxygens (including phenoxy) is 2. The molecule has 0 spiro atoms. The number of amides is 1. The number of pyridine rings is 1. The van der Waals surface area contributed by atoms with Crippen molar-refractivity contribution in [2.75, 3.05) is 7.11 Å². The number of hydrazone groups is 1. The molecule has 0 fully saturated rings. The van der Waals surface area contributed by atoms with E-state index in [4.69, 9.17) is 9.47 Å². The molecule has 1 heterocycles. The smallest absolute Gasteiger partial charge is 0.343 e. The van der Waals surface area contributed by atoms with Gasteiger partial charge in [0.05, 0.1) is 24.5 Å². The summed E-state index contributed by atoms with van der Waals surface area (Å²) in [5, 5.41) is 3.90. The second-order valence-electron chi connectivity index (χ2n) is 5.90. The molecule has 0 unspecified atom stereocenters. The number of hydrogen-bond acceptors (Lipinski definition) is 6. The molecule has 7 nitrogen and oxygen atoms in total. The maximum absolute atomic E-state index is 13.3. The summed E-state index contributed by atoms with van der Waals surface area (Å²) in [5.41, 5.74) is 3.40. The standard InChI is InChI=1S/C21H15BrFN3O4/c1-29-19-7-13(10-25-26-20(27)15-8-16(22)12-24-11-15)5-6-18(19)30-21(28)14-3-2-4-17(23)9-14/h2-12H,1H3,(H,26,27). The van der Waals surface area contributed by atoms with E-state index in [2.05, 4.69) is 31.4 Å². The fourth-order valence-corrected chi connectivity index (χ4v) is 2.75. The van der Waals surface area contributed by atoms with Crippen molar-refractivity contribution in [3.05, 3.63) is 87.9 Å². The van der Waals surface area contributed by atoms with Gasteiger partial charge < -0.3 is 9.47 Å². The Morgan fingerprint density at radius 3 is 2.67 bits per heavy atom. The number of hydrogen-bond donors (Lipinski definition) is 1. The summed E-state index contributed by atoms with van der Waals surface area (Å²) in [6.07, 6.45) is 4.39.